The van der Waals surface area contributed by atoms with Crippen molar-refractivity contribution in [2.24, 2.45) is 0 Å². The third-order valence-electron chi connectivity index (χ3n) is 4.84. The summed E-state index contributed by atoms with van der Waals surface area (Å²) in [7, 11) is 0. The van der Waals surface area contributed by atoms with Crippen LogP contribution in [0.4, 0.5) is 0 Å². The summed E-state index contributed by atoms with van der Waals surface area (Å²) >= 11 is 0. The van der Waals surface area contributed by atoms with Crippen molar-refractivity contribution in [3.63, 3.8) is 0 Å². The SMILES string of the molecule is CC(C)(O)CCCB1C2CCCC1CCC2. The summed E-state index contributed by atoms with van der Waals surface area (Å²) < 4.78 is 0. The van der Waals surface area contributed by atoms with E-state index in [1.165, 1.54) is 51.3 Å². The number of aliphatic hydroxyl groups is 1. The molecule has 0 amide bonds. The molecule has 1 N–H and O–H groups in total. The highest BCUT2D eigenvalue weighted by Crippen LogP contribution is 2.48. The third kappa shape index (κ3) is 3.26. The molecule has 92 valence electrons. The predicted molar refractivity (Wildman–Crippen MR) is 71.3 cm³/mol. The first-order valence-corrected chi connectivity index (χ1v) is 7.29. The fourth-order valence-electron chi connectivity index (χ4n) is 4.06. The van der Waals surface area contributed by atoms with Crippen LogP contribution in [0.15, 0.2) is 0 Å². The Balaban J connectivity index is 1.79. The molecule has 2 aliphatic rings. The molecule has 0 aromatic heterocycles. The quantitative estimate of drug-likeness (QED) is 0.708. The van der Waals surface area contributed by atoms with Crippen LogP contribution in [-0.2, 0) is 0 Å². The van der Waals surface area contributed by atoms with E-state index in [0.29, 0.717) is 0 Å². The van der Waals surface area contributed by atoms with Crippen molar-refractivity contribution in [1.29, 1.82) is 0 Å². The molecule has 1 nitrogen and oxygen atoms in total. The fraction of sp³-hybridized carbons (Fsp3) is 1.00. The molecule has 0 atom stereocenters. The topological polar surface area (TPSA) is 20.2 Å². The van der Waals surface area contributed by atoms with E-state index in [1.807, 2.05) is 13.8 Å². The molecule has 0 saturated carbocycles. The van der Waals surface area contributed by atoms with Gasteiger partial charge in [0, 0.05) is 0 Å². The average molecular weight is 222 g/mol. The maximum absolute atomic E-state index is 9.75. The Kier molecular flexibility index (Phi) is 3.99. The summed E-state index contributed by atoms with van der Waals surface area (Å²) in [6.07, 6.45) is 12.5. The zero-order valence-electron chi connectivity index (χ0n) is 11.0. The van der Waals surface area contributed by atoms with Gasteiger partial charge in [0.15, 0.2) is 0 Å². The summed E-state index contributed by atoms with van der Waals surface area (Å²) in [5, 5.41) is 9.75. The van der Waals surface area contributed by atoms with Gasteiger partial charge in [-0.15, -0.1) is 0 Å². The zero-order valence-corrected chi connectivity index (χ0v) is 11.0. The summed E-state index contributed by atoms with van der Waals surface area (Å²) in [5.74, 6) is 2.07. The molecular formula is C14H27BO. The van der Waals surface area contributed by atoms with Gasteiger partial charge in [0.05, 0.1) is 5.60 Å². The Morgan fingerprint density at radius 2 is 1.56 bits per heavy atom. The van der Waals surface area contributed by atoms with Gasteiger partial charge in [-0.1, -0.05) is 62.9 Å². The lowest BCUT2D eigenvalue weighted by molar-refractivity contribution is 0.0701. The van der Waals surface area contributed by atoms with Crippen LogP contribution in [-0.4, -0.2) is 17.4 Å². The first kappa shape index (κ1) is 12.5. The van der Waals surface area contributed by atoms with Gasteiger partial charge in [0.2, 0.25) is 0 Å². The van der Waals surface area contributed by atoms with Crippen LogP contribution in [0.3, 0.4) is 0 Å². The Morgan fingerprint density at radius 1 is 1.06 bits per heavy atom. The summed E-state index contributed by atoms with van der Waals surface area (Å²) in [4.78, 5) is 0. The molecule has 2 saturated heterocycles. The maximum atomic E-state index is 9.75. The van der Waals surface area contributed by atoms with Crippen molar-refractivity contribution in [2.45, 2.75) is 88.8 Å². The van der Waals surface area contributed by atoms with Crippen LogP contribution in [0.5, 0.6) is 0 Å². The number of hydrogen-bond acceptors (Lipinski definition) is 1. The van der Waals surface area contributed by atoms with Crippen LogP contribution in [0.2, 0.25) is 18.0 Å². The van der Waals surface area contributed by atoms with Gasteiger partial charge in [-0.05, 0) is 20.3 Å². The van der Waals surface area contributed by atoms with Gasteiger partial charge in [-0.3, -0.25) is 0 Å². The van der Waals surface area contributed by atoms with E-state index < -0.39 is 5.60 Å². The van der Waals surface area contributed by atoms with Crippen LogP contribution >= 0.6 is 0 Å². The first-order chi connectivity index (χ1) is 7.56. The largest absolute Gasteiger partial charge is 0.390 e. The molecule has 2 bridgehead atoms. The summed E-state index contributed by atoms with van der Waals surface area (Å²) in [5.41, 5.74) is -0.455. The van der Waals surface area contributed by atoms with Crippen LogP contribution in [0, 0.1) is 0 Å². The molecular weight excluding hydrogens is 195 g/mol. The van der Waals surface area contributed by atoms with E-state index in [0.717, 1.165) is 24.8 Å². The number of fused-ring (bicyclic) bond motifs is 2. The molecule has 0 radical (unpaired) electrons. The minimum Gasteiger partial charge on any atom is -0.390 e. The molecule has 0 aromatic rings. The Labute approximate surface area is 101 Å². The van der Waals surface area contributed by atoms with Crippen molar-refractivity contribution in [2.75, 3.05) is 0 Å². The third-order valence-corrected chi connectivity index (χ3v) is 4.84. The van der Waals surface area contributed by atoms with Crippen molar-refractivity contribution < 1.29 is 5.11 Å². The minimum absolute atomic E-state index is 0.455. The second-order valence-corrected chi connectivity index (χ2v) is 6.75. The summed E-state index contributed by atoms with van der Waals surface area (Å²) in [6, 6.07) is 0. The maximum Gasteiger partial charge on any atom is 0.146 e. The van der Waals surface area contributed by atoms with Crippen LogP contribution in [0.25, 0.3) is 0 Å². The second-order valence-electron chi connectivity index (χ2n) is 6.75. The van der Waals surface area contributed by atoms with Crippen molar-refractivity contribution in [1.82, 2.24) is 0 Å². The lowest BCUT2D eigenvalue weighted by atomic mass is 9.25. The van der Waals surface area contributed by atoms with Gasteiger partial charge in [0.1, 0.15) is 6.71 Å². The fourth-order valence-corrected chi connectivity index (χ4v) is 4.06. The van der Waals surface area contributed by atoms with Gasteiger partial charge < -0.3 is 5.11 Å². The van der Waals surface area contributed by atoms with Gasteiger partial charge in [-0.2, -0.15) is 0 Å². The number of hydrogen-bond donors (Lipinski definition) is 1. The van der Waals surface area contributed by atoms with Gasteiger partial charge in [0.25, 0.3) is 0 Å². The minimum atomic E-state index is -0.455. The molecule has 0 spiro atoms. The molecule has 2 heterocycles. The molecule has 0 aromatic carbocycles. The van der Waals surface area contributed by atoms with E-state index in [4.69, 9.17) is 0 Å². The Hall–Kier alpha value is 0.0249. The molecule has 0 aliphatic carbocycles. The van der Waals surface area contributed by atoms with E-state index >= 15 is 0 Å². The standard InChI is InChI=1S/C14H27BO/c1-14(2,16)10-5-11-15-12-6-3-7-13(15)9-4-8-12/h12-13,16H,3-11H2,1-2H3. The Bertz CT molecular complexity index is 199. The van der Waals surface area contributed by atoms with E-state index in [-0.39, 0.29) is 0 Å². The second kappa shape index (κ2) is 5.12. The molecule has 2 rings (SSSR count). The van der Waals surface area contributed by atoms with Crippen LogP contribution in [0.1, 0.15) is 65.2 Å². The molecule has 2 heteroatoms. The van der Waals surface area contributed by atoms with E-state index in [1.54, 1.807) is 0 Å². The monoisotopic (exact) mass is 222 g/mol. The normalized spacial score (nSPS) is 30.6. The lowest BCUT2D eigenvalue weighted by Gasteiger charge is -2.41. The first-order valence-electron chi connectivity index (χ1n) is 7.29. The lowest BCUT2D eigenvalue weighted by Crippen LogP contribution is -2.34. The highest BCUT2D eigenvalue weighted by molar-refractivity contribution is 6.62. The summed E-state index contributed by atoms with van der Waals surface area (Å²) in [6.45, 7) is 4.88. The van der Waals surface area contributed by atoms with Crippen molar-refractivity contribution >= 4 is 6.71 Å². The van der Waals surface area contributed by atoms with E-state index in [9.17, 15) is 5.11 Å². The Morgan fingerprint density at radius 3 is 2.00 bits per heavy atom. The average Bonchev–Trinajstić information content (AvgIpc) is 2.15. The number of rotatable bonds is 4. The molecule has 2 aliphatic heterocycles. The molecule has 2 fully saturated rings. The van der Waals surface area contributed by atoms with Gasteiger partial charge >= 0.3 is 0 Å². The smallest absolute Gasteiger partial charge is 0.146 e. The van der Waals surface area contributed by atoms with Gasteiger partial charge in [-0.25, -0.2) is 0 Å². The highest BCUT2D eigenvalue weighted by atomic mass is 16.3. The zero-order chi connectivity index (χ0) is 11.6. The predicted octanol–water partition coefficient (Wildman–Crippen LogP) is 4.14. The van der Waals surface area contributed by atoms with E-state index in [2.05, 4.69) is 0 Å². The molecule has 0 unspecified atom stereocenters. The highest BCUT2D eigenvalue weighted by Gasteiger charge is 2.38. The molecule has 16 heavy (non-hydrogen) atoms. The van der Waals surface area contributed by atoms with Crippen LogP contribution < -0.4 is 0 Å². The van der Waals surface area contributed by atoms with Crippen molar-refractivity contribution in [3.8, 4) is 0 Å². The van der Waals surface area contributed by atoms with Crippen molar-refractivity contribution in [3.05, 3.63) is 0 Å².